The summed E-state index contributed by atoms with van der Waals surface area (Å²) in [6.07, 6.45) is 1.60. The molecule has 24 heavy (non-hydrogen) atoms. The van der Waals surface area contributed by atoms with Gasteiger partial charge in [-0.1, -0.05) is 23.4 Å². The lowest BCUT2D eigenvalue weighted by Gasteiger charge is -2.20. The summed E-state index contributed by atoms with van der Waals surface area (Å²) in [6, 6.07) is 5.59. The highest BCUT2D eigenvalue weighted by Gasteiger charge is 2.18. The number of hydrogen-bond donors (Lipinski definition) is 0. The van der Waals surface area contributed by atoms with E-state index in [0.717, 1.165) is 16.9 Å². The van der Waals surface area contributed by atoms with Crippen molar-refractivity contribution >= 4 is 23.4 Å². The highest BCUT2D eigenvalue weighted by molar-refractivity contribution is 7.98. The van der Waals surface area contributed by atoms with Crippen LogP contribution in [0.25, 0.3) is 11.5 Å². The van der Waals surface area contributed by atoms with Crippen molar-refractivity contribution in [2.75, 3.05) is 13.2 Å². The van der Waals surface area contributed by atoms with Crippen LogP contribution in [0.15, 0.2) is 38.5 Å². The van der Waals surface area contributed by atoms with Gasteiger partial charge in [-0.2, -0.15) is 0 Å². The third-order valence-electron chi connectivity index (χ3n) is 3.51. The van der Waals surface area contributed by atoms with Crippen molar-refractivity contribution in [3.05, 3.63) is 40.8 Å². The number of furan rings is 1. The first kappa shape index (κ1) is 15.4. The van der Waals surface area contributed by atoms with Gasteiger partial charge in [-0.15, -0.1) is 10.2 Å². The Hall–Kier alpha value is -2.12. The molecule has 0 unspecified atom stereocenters. The molecule has 0 aliphatic carbocycles. The number of fused-ring (bicyclic) bond motifs is 1. The molecule has 0 fully saturated rings. The SMILES string of the molecule is Cc1occc1-c1nnc(SCc2cc(Cl)c3c(c2)OCCO3)o1. The predicted octanol–water partition coefficient (Wildman–Crippen LogP) is 4.35. The number of aryl methyl sites for hydroxylation is 1. The van der Waals surface area contributed by atoms with Crippen molar-refractivity contribution < 1.29 is 18.3 Å². The third-order valence-corrected chi connectivity index (χ3v) is 4.68. The quantitative estimate of drug-likeness (QED) is 0.637. The predicted molar refractivity (Wildman–Crippen MR) is 88.7 cm³/mol. The summed E-state index contributed by atoms with van der Waals surface area (Å²) >= 11 is 7.67. The van der Waals surface area contributed by atoms with Crippen molar-refractivity contribution in [2.45, 2.75) is 17.9 Å². The van der Waals surface area contributed by atoms with E-state index in [0.29, 0.717) is 46.6 Å². The highest BCUT2D eigenvalue weighted by atomic mass is 35.5. The van der Waals surface area contributed by atoms with E-state index in [2.05, 4.69) is 10.2 Å². The van der Waals surface area contributed by atoms with Crippen LogP contribution in [-0.4, -0.2) is 23.4 Å². The number of halogens is 1. The fourth-order valence-electron chi connectivity index (χ4n) is 2.38. The van der Waals surface area contributed by atoms with Gasteiger partial charge in [0.05, 0.1) is 16.8 Å². The standard InChI is InChI=1S/C16H13ClN2O4S/c1-9-11(2-3-20-9)15-18-19-16(23-15)24-8-10-6-12(17)14-13(7-10)21-4-5-22-14/h2-3,6-7H,4-5,8H2,1H3. The van der Waals surface area contributed by atoms with Crippen LogP contribution in [0.3, 0.4) is 0 Å². The van der Waals surface area contributed by atoms with E-state index in [1.54, 1.807) is 12.3 Å². The van der Waals surface area contributed by atoms with Gasteiger partial charge in [-0.05, 0) is 30.7 Å². The number of benzene rings is 1. The van der Waals surface area contributed by atoms with Crippen LogP contribution in [0.4, 0.5) is 0 Å². The van der Waals surface area contributed by atoms with Crippen LogP contribution < -0.4 is 9.47 Å². The molecule has 4 rings (SSSR count). The van der Waals surface area contributed by atoms with E-state index in [1.165, 1.54) is 11.8 Å². The minimum absolute atomic E-state index is 0.448. The van der Waals surface area contributed by atoms with Gasteiger partial charge < -0.3 is 18.3 Å². The van der Waals surface area contributed by atoms with Gasteiger partial charge >= 0.3 is 0 Å². The lowest BCUT2D eigenvalue weighted by molar-refractivity contribution is 0.171. The molecule has 1 aliphatic rings. The molecule has 6 nitrogen and oxygen atoms in total. The number of ether oxygens (including phenoxy) is 2. The number of rotatable bonds is 4. The zero-order valence-corrected chi connectivity index (χ0v) is 14.3. The van der Waals surface area contributed by atoms with Gasteiger partial charge in [0.25, 0.3) is 11.1 Å². The number of aromatic nitrogens is 2. The van der Waals surface area contributed by atoms with Gasteiger partial charge in [-0.3, -0.25) is 0 Å². The van der Waals surface area contributed by atoms with Gasteiger partial charge in [0.15, 0.2) is 11.5 Å². The highest BCUT2D eigenvalue weighted by Crippen LogP contribution is 2.39. The maximum Gasteiger partial charge on any atom is 0.277 e. The maximum atomic E-state index is 6.24. The Morgan fingerprint density at radius 3 is 2.92 bits per heavy atom. The Labute approximate surface area is 147 Å². The molecule has 1 aliphatic heterocycles. The molecule has 0 atom stereocenters. The molecule has 1 aromatic carbocycles. The summed E-state index contributed by atoms with van der Waals surface area (Å²) in [5.74, 6) is 3.09. The minimum atomic E-state index is 0.448. The second-order valence-corrected chi connectivity index (χ2v) is 6.49. The number of thioether (sulfide) groups is 1. The summed E-state index contributed by atoms with van der Waals surface area (Å²) in [5.41, 5.74) is 1.80. The van der Waals surface area contributed by atoms with Gasteiger partial charge in [-0.25, -0.2) is 0 Å². The smallest absolute Gasteiger partial charge is 0.277 e. The average molecular weight is 365 g/mol. The Balaban J connectivity index is 1.49. The van der Waals surface area contributed by atoms with Crippen LogP contribution >= 0.6 is 23.4 Å². The van der Waals surface area contributed by atoms with E-state index < -0.39 is 0 Å². The first-order valence-corrected chi connectivity index (χ1v) is 8.66. The summed E-state index contributed by atoms with van der Waals surface area (Å²) < 4.78 is 22.0. The molecular weight excluding hydrogens is 352 g/mol. The molecule has 0 spiro atoms. The van der Waals surface area contributed by atoms with E-state index in [1.807, 2.05) is 19.1 Å². The van der Waals surface area contributed by atoms with E-state index in [-0.39, 0.29) is 0 Å². The van der Waals surface area contributed by atoms with Crippen molar-refractivity contribution in [2.24, 2.45) is 0 Å². The van der Waals surface area contributed by atoms with Crippen molar-refractivity contribution in [3.8, 4) is 23.0 Å². The number of nitrogens with zero attached hydrogens (tertiary/aromatic N) is 2. The van der Waals surface area contributed by atoms with Crippen LogP contribution in [0, 0.1) is 6.92 Å². The summed E-state index contributed by atoms with van der Waals surface area (Å²) in [5, 5.41) is 9.13. The van der Waals surface area contributed by atoms with Crippen LogP contribution in [0.1, 0.15) is 11.3 Å². The second-order valence-electron chi connectivity index (χ2n) is 5.15. The summed E-state index contributed by atoms with van der Waals surface area (Å²) in [4.78, 5) is 0. The molecule has 0 amide bonds. The lowest BCUT2D eigenvalue weighted by Crippen LogP contribution is -2.15. The molecule has 8 heteroatoms. The van der Waals surface area contributed by atoms with E-state index >= 15 is 0 Å². The first-order chi connectivity index (χ1) is 11.7. The fraction of sp³-hybridized carbons (Fsp3) is 0.250. The molecular formula is C16H13ClN2O4S. The zero-order chi connectivity index (χ0) is 16.5. The molecule has 0 saturated heterocycles. The van der Waals surface area contributed by atoms with Gasteiger partial charge in [0.2, 0.25) is 0 Å². The fourth-order valence-corrected chi connectivity index (χ4v) is 3.36. The maximum absolute atomic E-state index is 6.24. The van der Waals surface area contributed by atoms with Crippen LogP contribution in [0.5, 0.6) is 11.5 Å². The minimum Gasteiger partial charge on any atom is -0.486 e. The van der Waals surface area contributed by atoms with Crippen LogP contribution in [0.2, 0.25) is 5.02 Å². The average Bonchev–Trinajstić information content (AvgIpc) is 3.21. The Morgan fingerprint density at radius 1 is 1.21 bits per heavy atom. The van der Waals surface area contributed by atoms with Crippen LogP contribution in [-0.2, 0) is 5.75 Å². The molecule has 0 saturated carbocycles. The normalized spacial score (nSPS) is 13.2. The molecule has 0 N–H and O–H groups in total. The third kappa shape index (κ3) is 2.97. The molecule has 0 radical (unpaired) electrons. The first-order valence-electron chi connectivity index (χ1n) is 7.29. The van der Waals surface area contributed by atoms with E-state index in [9.17, 15) is 0 Å². The largest absolute Gasteiger partial charge is 0.486 e. The molecule has 0 bridgehead atoms. The summed E-state index contributed by atoms with van der Waals surface area (Å²) in [6.45, 7) is 2.89. The lowest BCUT2D eigenvalue weighted by atomic mass is 10.2. The van der Waals surface area contributed by atoms with Crippen molar-refractivity contribution in [1.29, 1.82) is 0 Å². The molecule has 124 valence electrons. The Kier molecular flexibility index (Phi) is 4.12. The zero-order valence-electron chi connectivity index (χ0n) is 12.7. The topological polar surface area (TPSA) is 70.5 Å². The summed E-state index contributed by atoms with van der Waals surface area (Å²) in [7, 11) is 0. The molecule has 3 aromatic rings. The van der Waals surface area contributed by atoms with Crippen molar-refractivity contribution in [3.63, 3.8) is 0 Å². The van der Waals surface area contributed by atoms with Gasteiger partial charge in [0.1, 0.15) is 19.0 Å². The van der Waals surface area contributed by atoms with E-state index in [4.69, 9.17) is 29.9 Å². The molecule has 3 heterocycles. The monoisotopic (exact) mass is 364 g/mol. The Morgan fingerprint density at radius 2 is 2.08 bits per heavy atom. The van der Waals surface area contributed by atoms with Gasteiger partial charge in [0, 0.05) is 5.75 Å². The Bertz CT molecular complexity index is 877. The number of hydrogen-bond acceptors (Lipinski definition) is 7. The van der Waals surface area contributed by atoms with Crippen molar-refractivity contribution in [1.82, 2.24) is 10.2 Å². The molecule has 2 aromatic heterocycles. The second kappa shape index (κ2) is 6.41.